The minimum atomic E-state index is -0.428. The molecule has 3 rings (SSSR count). The average Bonchev–Trinajstić information content (AvgIpc) is 2.42. The van der Waals surface area contributed by atoms with E-state index in [9.17, 15) is 4.79 Å². The fraction of sp³-hybridized carbons (Fsp3) is 0.722. The van der Waals surface area contributed by atoms with Gasteiger partial charge in [0.05, 0.1) is 11.4 Å². The molecule has 1 aromatic heterocycles. The Kier molecular flexibility index (Phi) is 5.99. The molecule has 2 saturated heterocycles. The number of likely N-dealkylation sites (tertiary alicyclic amines) is 1. The van der Waals surface area contributed by atoms with E-state index < -0.39 is 5.60 Å². The van der Waals surface area contributed by atoms with Crippen LogP contribution in [0, 0.1) is 19.3 Å². The van der Waals surface area contributed by atoms with Gasteiger partial charge in [-0.3, -0.25) is 4.98 Å². The van der Waals surface area contributed by atoms with E-state index in [1.165, 1.54) is 0 Å². The van der Waals surface area contributed by atoms with E-state index in [0.717, 1.165) is 42.6 Å². The predicted molar refractivity (Wildman–Crippen MR) is 101 cm³/mol. The van der Waals surface area contributed by atoms with Gasteiger partial charge in [0, 0.05) is 37.8 Å². The number of ether oxygens (including phenoxy) is 1. The molecule has 2 fully saturated rings. The number of nitrogens with zero attached hydrogens (tertiary/aromatic N) is 4. The summed E-state index contributed by atoms with van der Waals surface area (Å²) >= 11 is 1.66. The first-order chi connectivity index (χ1) is 11.7. The molecule has 2 aliphatic rings. The second-order valence-electron chi connectivity index (χ2n) is 7.63. The third-order valence-corrected chi connectivity index (χ3v) is 5.06. The summed E-state index contributed by atoms with van der Waals surface area (Å²) in [4.78, 5) is 22.7. The fourth-order valence-corrected chi connectivity index (χ4v) is 4.18. The van der Waals surface area contributed by atoms with Crippen molar-refractivity contribution in [2.45, 2.75) is 59.1 Å². The van der Waals surface area contributed by atoms with Gasteiger partial charge in [-0.15, -0.1) is 0 Å². The van der Waals surface area contributed by atoms with Crippen LogP contribution in [0.1, 0.15) is 46.0 Å². The van der Waals surface area contributed by atoms with Crippen LogP contribution in [0.2, 0.25) is 0 Å². The first-order valence-corrected chi connectivity index (χ1v) is 9.64. The van der Waals surface area contributed by atoms with E-state index >= 15 is 0 Å². The van der Waals surface area contributed by atoms with Crippen LogP contribution < -0.4 is 0 Å². The lowest BCUT2D eigenvalue weighted by molar-refractivity contribution is -0.0812. The summed E-state index contributed by atoms with van der Waals surface area (Å²) in [5, 5.41) is 0.966. The summed E-state index contributed by atoms with van der Waals surface area (Å²) in [5.74, 6) is 0. The van der Waals surface area contributed by atoms with Crippen LogP contribution in [0.25, 0.3) is 0 Å². The fourth-order valence-electron chi connectivity index (χ4n) is 2.98. The Hall–Kier alpha value is -1.34. The van der Waals surface area contributed by atoms with Gasteiger partial charge in [0.15, 0.2) is 0 Å². The van der Waals surface area contributed by atoms with E-state index in [-0.39, 0.29) is 11.5 Å². The van der Waals surface area contributed by atoms with Crippen molar-refractivity contribution in [3.8, 4) is 0 Å². The molecule has 1 spiro atoms. The number of rotatable bonds is 2. The summed E-state index contributed by atoms with van der Waals surface area (Å²) in [7, 11) is 0. The number of aryl methyl sites for hydroxylation is 2. The van der Waals surface area contributed by atoms with Crippen LogP contribution in [-0.4, -0.2) is 57.0 Å². The molecule has 0 aliphatic carbocycles. The maximum atomic E-state index is 12.0. The lowest BCUT2D eigenvalue weighted by Gasteiger charge is -2.59. The third-order valence-electron chi connectivity index (χ3n) is 3.97. The molecule has 0 N–H and O–H groups in total. The Labute approximate surface area is 155 Å². The Balaban J connectivity index is 0.00000109. The molecule has 0 bridgehead atoms. The summed E-state index contributed by atoms with van der Waals surface area (Å²) < 4.78 is 7.69. The van der Waals surface area contributed by atoms with Gasteiger partial charge >= 0.3 is 6.09 Å². The minimum Gasteiger partial charge on any atom is -0.444 e. The van der Waals surface area contributed by atoms with Crippen molar-refractivity contribution >= 4 is 18.0 Å². The van der Waals surface area contributed by atoms with Gasteiger partial charge in [-0.2, -0.15) is 0 Å². The van der Waals surface area contributed by atoms with Gasteiger partial charge in [-0.25, -0.2) is 14.1 Å². The highest BCUT2D eigenvalue weighted by Crippen LogP contribution is 2.44. The maximum absolute atomic E-state index is 12.0. The van der Waals surface area contributed by atoms with Crippen molar-refractivity contribution in [2.24, 2.45) is 5.41 Å². The monoisotopic (exact) mass is 366 g/mol. The van der Waals surface area contributed by atoms with Crippen LogP contribution in [0.5, 0.6) is 0 Å². The van der Waals surface area contributed by atoms with E-state index in [1.54, 1.807) is 23.0 Å². The molecule has 0 aromatic carbocycles. The van der Waals surface area contributed by atoms with E-state index in [4.69, 9.17) is 4.74 Å². The largest absolute Gasteiger partial charge is 0.444 e. The first-order valence-electron chi connectivity index (χ1n) is 8.87. The Bertz CT molecular complexity index is 616. The molecule has 3 heterocycles. The van der Waals surface area contributed by atoms with Crippen LogP contribution in [-0.2, 0) is 4.74 Å². The van der Waals surface area contributed by atoms with Crippen molar-refractivity contribution in [3.05, 3.63) is 17.6 Å². The van der Waals surface area contributed by atoms with Crippen molar-refractivity contribution < 1.29 is 9.53 Å². The Morgan fingerprint density at radius 2 is 1.80 bits per heavy atom. The summed E-state index contributed by atoms with van der Waals surface area (Å²) in [6.45, 7) is 17.2. The molecule has 2 aliphatic heterocycles. The lowest BCUT2D eigenvalue weighted by Crippen LogP contribution is -2.71. The van der Waals surface area contributed by atoms with Gasteiger partial charge in [-0.1, -0.05) is 13.8 Å². The van der Waals surface area contributed by atoms with Crippen molar-refractivity contribution in [3.63, 3.8) is 0 Å². The molecule has 25 heavy (non-hydrogen) atoms. The second kappa shape index (κ2) is 7.50. The number of aromatic nitrogens is 2. The van der Waals surface area contributed by atoms with E-state index in [2.05, 4.69) is 14.3 Å². The highest BCUT2D eigenvalue weighted by Gasteiger charge is 2.54. The topological polar surface area (TPSA) is 58.6 Å². The number of carbonyl (C=O) groups is 1. The molecule has 1 amide bonds. The number of hydrogen-bond donors (Lipinski definition) is 0. The predicted octanol–water partition coefficient (Wildman–Crippen LogP) is 3.68. The number of carbonyl (C=O) groups excluding carboxylic acids is 1. The molecule has 0 saturated carbocycles. The molecule has 140 valence electrons. The molecule has 0 radical (unpaired) electrons. The van der Waals surface area contributed by atoms with E-state index in [0.29, 0.717) is 0 Å². The van der Waals surface area contributed by atoms with Crippen LogP contribution in [0.3, 0.4) is 0 Å². The van der Waals surface area contributed by atoms with Gasteiger partial charge in [0.25, 0.3) is 0 Å². The normalized spacial score (nSPS) is 18.8. The highest BCUT2D eigenvalue weighted by atomic mass is 32.2. The van der Waals surface area contributed by atoms with Gasteiger partial charge in [-0.05, 0) is 46.6 Å². The third kappa shape index (κ3) is 4.85. The summed E-state index contributed by atoms with van der Waals surface area (Å²) in [6.07, 6.45) is 1.60. The molecule has 7 heteroatoms. The molecule has 0 atom stereocenters. The van der Waals surface area contributed by atoms with Crippen molar-refractivity contribution in [2.75, 3.05) is 26.2 Å². The minimum absolute atomic E-state index is 0.200. The summed E-state index contributed by atoms with van der Waals surface area (Å²) in [6, 6.07) is 0. The molecular weight excluding hydrogens is 336 g/mol. The van der Waals surface area contributed by atoms with Gasteiger partial charge < -0.3 is 9.64 Å². The smallest absolute Gasteiger partial charge is 0.410 e. The zero-order valence-corrected chi connectivity index (χ0v) is 17.2. The number of amides is 1. The molecule has 0 unspecified atom stereocenters. The first kappa shape index (κ1) is 20.0. The SMILES string of the molecule is CC.Cc1cnc(SN2CC3(C2)CN(C(=O)OC(C)(C)C)C3)c(C)n1. The standard InChI is InChI=1S/C16H24N4O2S.C2H6/c1-11-6-17-13(12(2)18-11)23-20-9-16(10-20)7-19(8-16)14(21)22-15(3,4)5;1-2/h6H,7-10H2,1-5H3;1-2H3. The average molecular weight is 367 g/mol. The van der Waals surface area contributed by atoms with Crippen LogP contribution in [0.15, 0.2) is 11.2 Å². The highest BCUT2D eigenvalue weighted by molar-refractivity contribution is 7.97. The van der Waals surface area contributed by atoms with E-state index in [1.807, 2.05) is 48.5 Å². The second-order valence-corrected chi connectivity index (χ2v) is 8.71. The quantitative estimate of drug-likeness (QED) is 0.744. The molecule has 1 aromatic rings. The van der Waals surface area contributed by atoms with Crippen molar-refractivity contribution in [1.82, 2.24) is 19.2 Å². The van der Waals surface area contributed by atoms with Crippen LogP contribution >= 0.6 is 11.9 Å². The van der Waals surface area contributed by atoms with Crippen molar-refractivity contribution in [1.29, 1.82) is 0 Å². The van der Waals surface area contributed by atoms with Gasteiger partial charge in [0.1, 0.15) is 10.6 Å². The van der Waals surface area contributed by atoms with Crippen LogP contribution in [0.4, 0.5) is 4.79 Å². The lowest BCUT2D eigenvalue weighted by atomic mass is 9.75. The Morgan fingerprint density at radius 1 is 1.20 bits per heavy atom. The molecular formula is C18H30N4O2S. The number of hydrogen-bond acceptors (Lipinski definition) is 6. The van der Waals surface area contributed by atoms with Gasteiger partial charge in [0.2, 0.25) is 0 Å². The maximum Gasteiger partial charge on any atom is 0.410 e. The Morgan fingerprint density at radius 3 is 2.32 bits per heavy atom. The zero-order chi connectivity index (χ0) is 18.8. The molecule has 6 nitrogen and oxygen atoms in total. The zero-order valence-electron chi connectivity index (χ0n) is 16.4. The summed E-state index contributed by atoms with van der Waals surface area (Å²) in [5.41, 5.74) is 1.73.